The summed E-state index contributed by atoms with van der Waals surface area (Å²) in [5.74, 6) is 3.11. The molecular weight excluding hydrogens is 376 g/mol. The Bertz CT molecular complexity index is 839. The number of nitrogens with one attached hydrogen (secondary N) is 1. The lowest BCUT2D eigenvalue weighted by molar-refractivity contribution is 0.0929. The zero-order valence-electron chi connectivity index (χ0n) is 15.0. The van der Waals surface area contributed by atoms with Crippen molar-refractivity contribution in [3.05, 3.63) is 70.8 Å². The fourth-order valence-corrected chi connectivity index (χ4v) is 4.91. The molecule has 140 valence electrons. The van der Waals surface area contributed by atoms with Crippen molar-refractivity contribution in [3.63, 3.8) is 0 Å². The summed E-state index contributed by atoms with van der Waals surface area (Å²) in [6, 6.07) is 13.9. The highest BCUT2D eigenvalue weighted by atomic mass is 32.2. The van der Waals surface area contributed by atoms with E-state index in [0.717, 1.165) is 35.9 Å². The Balaban J connectivity index is 1.41. The van der Waals surface area contributed by atoms with Crippen LogP contribution >= 0.6 is 23.1 Å². The molecule has 0 aliphatic carbocycles. The Hall–Kier alpha value is -2.02. The lowest BCUT2D eigenvalue weighted by atomic mass is 10.1. The summed E-state index contributed by atoms with van der Waals surface area (Å²) in [6.07, 6.45) is 1.70. The van der Waals surface area contributed by atoms with E-state index in [9.17, 15) is 4.79 Å². The lowest BCUT2D eigenvalue weighted by Crippen LogP contribution is -2.41. The molecule has 3 heterocycles. The fourth-order valence-electron chi connectivity index (χ4n) is 3.31. The molecule has 0 unspecified atom stereocenters. The zero-order valence-corrected chi connectivity index (χ0v) is 16.6. The van der Waals surface area contributed by atoms with Crippen LogP contribution in [0.15, 0.2) is 63.9 Å². The van der Waals surface area contributed by atoms with Gasteiger partial charge in [-0.1, -0.05) is 12.1 Å². The number of benzene rings is 1. The molecule has 1 amide bonds. The van der Waals surface area contributed by atoms with Crippen LogP contribution in [0.4, 0.5) is 0 Å². The van der Waals surface area contributed by atoms with E-state index in [0.29, 0.717) is 12.1 Å². The smallest absolute Gasteiger partial charge is 0.251 e. The molecule has 0 spiro atoms. The first kappa shape index (κ1) is 18.3. The van der Waals surface area contributed by atoms with Crippen molar-refractivity contribution in [1.29, 1.82) is 0 Å². The molecule has 1 fully saturated rings. The zero-order chi connectivity index (χ0) is 18.5. The topological polar surface area (TPSA) is 45.5 Å². The predicted octanol–water partition coefficient (Wildman–Crippen LogP) is 4.53. The van der Waals surface area contributed by atoms with Crippen molar-refractivity contribution in [2.75, 3.05) is 31.1 Å². The molecule has 4 nitrogen and oxygen atoms in total. The van der Waals surface area contributed by atoms with Gasteiger partial charge in [-0.2, -0.15) is 23.1 Å². The Morgan fingerprint density at radius 2 is 1.93 bits per heavy atom. The second-order valence-corrected chi connectivity index (χ2v) is 8.48. The largest absolute Gasteiger partial charge is 0.468 e. The van der Waals surface area contributed by atoms with E-state index in [1.165, 1.54) is 5.56 Å². The van der Waals surface area contributed by atoms with E-state index in [4.69, 9.17) is 4.42 Å². The van der Waals surface area contributed by atoms with Crippen LogP contribution < -0.4 is 5.32 Å². The van der Waals surface area contributed by atoms with Crippen LogP contribution in [0.3, 0.4) is 0 Å². The molecule has 0 bridgehead atoms. The average molecular weight is 399 g/mol. The predicted molar refractivity (Wildman–Crippen MR) is 112 cm³/mol. The number of hydrogen-bond donors (Lipinski definition) is 1. The first-order valence-corrected chi connectivity index (χ1v) is 11.2. The first-order valence-electron chi connectivity index (χ1n) is 9.07. The normalized spacial score (nSPS) is 16.1. The second-order valence-electron chi connectivity index (χ2n) is 6.48. The van der Waals surface area contributed by atoms with Gasteiger partial charge < -0.3 is 9.73 Å². The molecule has 1 aromatic carbocycles. The highest BCUT2D eigenvalue weighted by molar-refractivity contribution is 7.99. The number of rotatable bonds is 6. The summed E-state index contributed by atoms with van der Waals surface area (Å²) in [6.45, 7) is 2.58. The van der Waals surface area contributed by atoms with Gasteiger partial charge in [-0.25, -0.2) is 0 Å². The van der Waals surface area contributed by atoms with E-state index >= 15 is 0 Å². The first-order chi connectivity index (χ1) is 13.3. The van der Waals surface area contributed by atoms with Gasteiger partial charge in [-0.05, 0) is 52.2 Å². The standard InChI is InChI=1S/C21H22N2O2S2/c24-21(17-5-3-16(4-6-17)18-7-11-27-15-18)22-14-19(20-2-1-10-25-20)23-8-12-26-13-9-23/h1-7,10-11,15,19H,8-9,12-14H2,(H,22,24)/t19-/m1/s1. The maximum Gasteiger partial charge on any atom is 0.251 e. The molecule has 1 aliphatic heterocycles. The maximum atomic E-state index is 12.6. The number of carbonyl (C=O) groups excluding carboxylic acids is 1. The van der Waals surface area contributed by atoms with Gasteiger partial charge in [-0.3, -0.25) is 9.69 Å². The summed E-state index contributed by atoms with van der Waals surface area (Å²) in [5, 5.41) is 7.26. The molecule has 27 heavy (non-hydrogen) atoms. The minimum atomic E-state index is -0.0465. The summed E-state index contributed by atoms with van der Waals surface area (Å²) in [5.41, 5.74) is 3.00. The lowest BCUT2D eigenvalue weighted by Gasteiger charge is -2.33. The molecule has 0 radical (unpaired) electrons. The molecule has 1 aliphatic rings. The van der Waals surface area contributed by atoms with E-state index in [1.54, 1.807) is 17.6 Å². The van der Waals surface area contributed by atoms with Crippen molar-refractivity contribution in [2.45, 2.75) is 6.04 Å². The molecule has 1 atom stereocenters. The molecule has 4 rings (SSSR count). The highest BCUT2D eigenvalue weighted by Crippen LogP contribution is 2.25. The van der Waals surface area contributed by atoms with E-state index in [1.807, 2.05) is 48.2 Å². The number of thioether (sulfide) groups is 1. The van der Waals surface area contributed by atoms with Crippen LogP contribution in [0.2, 0.25) is 0 Å². The van der Waals surface area contributed by atoms with Gasteiger partial charge in [0, 0.05) is 36.7 Å². The third kappa shape index (κ3) is 4.46. The number of carbonyl (C=O) groups is 1. The monoisotopic (exact) mass is 398 g/mol. The molecule has 3 aromatic rings. The Kier molecular flexibility index (Phi) is 5.97. The van der Waals surface area contributed by atoms with Gasteiger partial charge >= 0.3 is 0 Å². The van der Waals surface area contributed by atoms with Gasteiger partial charge in [0.2, 0.25) is 0 Å². The summed E-state index contributed by atoms with van der Waals surface area (Å²) in [7, 11) is 0. The van der Waals surface area contributed by atoms with Crippen molar-refractivity contribution < 1.29 is 9.21 Å². The van der Waals surface area contributed by atoms with E-state index in [2.05, 4.69) is 27.0 Å². The molecule has 0 saturated carbocycles. The Labute approximate surface area is 167 Å². The van der Waals surface area contributed by atoms with Gasteiger partial charge in [0.15, 0.2) is 0 Å². The van der Waals surface area contributed by atoms with Crippen LogP contribution in [0.5, 0.6) is 0 Å². The summed E-state index contributed by atoms with van der Waals surface area (Å²) in [4.78, 5) is 15.0. The number of thiophene rings is 1. The number of furan rings is 1. The fraction of sp³-hybridized carbons (Fsp3) is 0.286. The van der Waals surface area contributed by atoms with Crippen LogP contribution in [0.1, 0.15) is 22.2 Å². The molecule has 1 saturated heterocycles. The molecular formula is C21H22N2O2S2. The molecule has 6 heteroatoms. The van der Waals surface area contributed by atoms with Gasteiger partial charge in [0.1, 0.15) is 5.76 Å². The number of hydrogen-bond acceptors (Lipinski definition) is 5. The number of nitrogens with zero attached hydrogens (tertiary/aromatic N) is 1. The van der Waals surface area contributed by atoms with Crippen molar-refractivity contribution in [1.82, 2.24) is 10.2 Å². The Morgan fingerprint density at radius 3 is 2.59 bits per heavy atom. The van der Waals surface area contributed by atoms with Crippen molar-refractivity contribution in [3.8, 4) is 11.1 Å². The average Bonchev–Trinajstić information content (AvgIpc) is 3.43. The van der Waals surface area contributed by atoms with E-state index < -0.39 is 0 Å². The summed E-state index contributed by atoms with van der Waals surface area (Å²) < 4.78 is 5.65. The van der Waals surface area contributed by atoms with Crippen LogP contribution in [-0.4, -0.2) is 41.9 Å². The number of amides is 1. The summed E-state index contributed by atoms with van der Waals surface area (Å²) >= 11 is 3.65. The third-order valence-electron chi connectivity index (χ3n) is 4.82. The SMILES string of the molecule is O=C(NC[C@H](c1ccco1)N1CCSCC1)c1ccc(-c2ccsc2)cc1. The minimum Gasteiger partial charge on any atom is -0.468 e. The van der Waals surface area contributed by atoms with Crippen molar-refractivity contribution in [2.24, 2.45) is 0 Å². The molecule has 2 aromatic heterocycles. The molecule has 1 N–H and O–H groups in total. The second kappa shape index (κ2) is 8.78. The quantitative estimate of drug-likeness (QED) is 0.663. The van der Waals surface area contributed by atoms with E-state index in [-0.39, 0.29) is 11.9 Å². The third-order valence-corrected chi connectivity index (χ3v) is 6.44. The van der Waals surface area contributed by atoms with Crippen LogP contribution in [0, 0.1) is 0 Å². The van der Waals surface area contributed by atoms with Crippen LogP contribution in [0.25, 0.3) is 11.1 Å². The van der Waals surface area contributed by atoms with Gasteiger partial charge in [0.05, 0.1) is 12.3 Å². The Morgan fingerprint density at radius 1 is 1.11 bits per heavy atom. The highest BCUT2D eigenvalue weighted by Gasteiger charge is 2.25. The minimum absolute atomic E-state index is 0.0465. The van der Waals surface area contributed by atoms with Crippen LogP contribution in [-0.2, 0) is 0 Å². The van der Waals surface area contributed by atoms with Gasteiger partial charge in [-0.15, -0.1) is 0 Å². The maximum absolute atomic E-state index is 12.6. The van der Waals surface area contributed by atoms with Gasteiger partial charge in [0.25, 0.3) is 5.91 Å². The van der Waals surface area contributed by atoms with Crippen molar-refractivity contribution >= 4 is 29.0 Å².